The molecule has 1 aromatic heterocycles. The summed E-state index contributed by atoms with van der Waals surface area (Å²) in [6.07, 6.45) is 1.65. The second kappa shape index (κ2) is 10.1. The molecule has 0 saturated carbocycles. The van der Waals surface area contributed by atoms with Gasteiger partial charge in [-0.15, -0.1) is 5.10 Å². The number of fused-ring (bicyclic) bond motifs is 1. The Morgan fingerprint density at radius 2 is 1.97 bits per heavy atom. The summed E-state index contributed by atoms with van der Waals surface area (Å²) in [7, 11) is 0. The van der Waals surface area contributed by atoms with E-state index in [0.717, 1.165) is 21.0 Å². The van der Waals surface area contributed by atoms with Crippen LogP contribution in [0.2, 0.25) is 0 Å². The second-order valence-corrected chi connectivity index (χ2v) is 7.81. The molecule has 0 aliphatic carbocycles. The summed E-state index contributed by atoms with van der Waals surface area (Å²) in [5.41, 5.74) is 13.5. The lowest BCUT2D eigenvalue weighted by Gasteiger charge is -2.15. The number of aromatic nitrogens is 2. The van der Waals surface area contributed by atoms with Crippen molar-refractivity contribution in [2.75, 3.05) is 12.3 Å². The van der Waals surface area contributed by atoms with E-state index < -0.39 is 0 Å². The lowest BCUT2D eigenvalue weighted by Crippen LogP contribution is -2.63. The average molecular weight is 510 g/mol. The van der Waals surface area contributed by atoms with Gasteiger partial charge < -0.3 is 20.9 Å². The molecular formula is C23H22BrN6O3+. The minimum atomic E-state index is 0.0455. The standard InChI is InChI=1S/C23H21BrN6O3/c1-2-31-19-11-14(12-27-28-22(25)20-23(26)30-33-29-20)10-18(24)21(19)32-13-16-8-5-7-15-6-3-4-9-17(15)16/h3-12H,2,13H2,1H3,(H2,25,28)(H2,26,30)/p+1. The van der Waals surface area contributed by atoms with Crippen LogP contribution in [-0.2, 0) is 6.61 Å². The van der Waals surface area contributed by atoms with Crippen molar-refractivity contribution in [3.05, 3.63) is 75.9 Å². The van der Waals surface area contributed by atoms with Crippen LogP contribution in [-0.4, -0.2) is 29.0 Å². The highest BCUT2D eigenvalue weighted by atomic mass is 79.9. The minimum absolute atomic E-state index is 0.0455. The van der Waals surface area contributed by atoms with Crippen molar-refractivity contribution in [2.24, 2.45) is 10.8 Å². The summed E-state index contributed by atoms with van der Waals surface area (Å²) in [5.74, 6) is 1.32. The molecule has 0 radical (unpaired) electrons. The normalized spacial score (nSPS) is 11.9. The third kappa shape index (κ3) is 5.12. The van der Waals surface area contributed by atoms with Gasteiger partial charge in [0.05, 0.1) is 11.1 Å². The quantitative estimate of drug-likeness (QED) is 0.188. The first-order valence-electron chi connectivity index (χ1n) is 10.1. The Balaban J connectivity index is 1.56. The third-order valence-electron chi connectivity index (χ3n) is 4.76. The Hall–Kier alpha value is -3.92. The number of halogens is 1. The van der Waals surface area contributed by atoms with Crippen LogP contribution in [0.15, 0.2) is 68.8 Å². The SMILES string of the molecule is CCOc1cc(C=[NH+]N=C(N)c2nonc2N)cc(Br)c1OCc1cccc2ccccc12. The van der Waals surface area contributed by atoms with Crippen molar-refractivity contribution in [3.63, 3.8) is 0 Å². The van der Waals surface area contributed by atoms with Crippen molar-refractivity contribution >= 4 is 44.6 Å². The molecule has 0 fully saturated rings. The molecule has 0 bridgehead atoms. The molecule has 0 atom stereocenters. The van der Waals surface area contributed by atoms with E-state index in [9.17, 15) is 0 Å². The van der Waals surface area contributed by atoms with E-state index in [-0.39, 0.29) is 17.3 Å². The van der Waals surface area contributed by atoms with Crippen LogP contribution in [0.5, 0.6) is 11.5 Å². The molecule has 5 N–H and O–H groups in total. The number of hydrogen-bond donors (Lipinski definition) is 3. The Morgan fingerprint density at radius 3 is 2.76 bits per heavy atom. The van der Waals surface area contributed by atoms with Crippen molar-refractivity contribution in [2.45, 2.75) is 13.5 Å². The number of anilines is 1. The van der Waals surface area contributed by atoms with Crippen LogP contribution in [0, 0.1) is 0 Å². The van der Waals surface area contributed by atoms with Crippen molar-refractivity contribution < 1.29 is 19.2 Å². The zero-order valence-electron chi connectivity index (χ0n) is 17.8. The number of nitrogens with one attached hydrogen (secondary N) is 1. The maximum absolute atomic E-state index is 6.18. The van der Waals surface area contributed by atoms with Crippen LogP contribution >= 0.6 is 15.9 Å². The maximum atomic E-state index is 6.18. The summed E-state index contributed by atoms with van der Waals surface area (Å²) < 4.78 is 17.3. The molecule has 0 aliphatic rings. The molecule has 168 valence electrons. The molecule has 33 heavy (non-hydrogen) atoms. The molecule has 4 rings (SSSR count). The summed E-state index contributed by atoms with van der Waals surface area (Å²) >= 11 is 3.59. The van der Waals surface area contributed by atoms with Gasteiger partial charge in [-0.3, -0.25) is 0 Å². The fourth-order valence-electron chi connectivity index (χ4n) is 3.25. The highest BCUT2D eigenvalue weighted by molar-refractivity contribution is 9.10. The van der Waals surface area contributed by atoms with Gasteiger partial charge in [0.2, 0.25) is 12.1 Å². The fraction of sp³-hybridized carbons (Fsp3) is 0.130. The van der Waals surface area contributed by atoms with Crippen molar-refractivity contribution in [1.29, 1.82) is 0 Å². The summed E-state index contributed by atoms with van der Waals surface area (Å²) in [5, 5.41) is 16.2. The molecule has 0 aliphatic heterocycles. The smallest absolute Gasteiger partial charge is 0.224 e. The fourth-order valence-corrected chi connectivity index (χ4v) is 3.82. The van der Waals surface area contributed by atoms with Gasteiger partial charge in [0, 0.05) is 10.7 Å². The van der Waals surface area contributed by atoms with Crippen LogP contribution in [0.1, 0.15) is 23.7 Å². The van der Waals surface area contributed by atoms with Gasteiger partial charge in [-0.05, 0) is 61.6 Å². The maximum Gasteiger partial charge on any atom is 0.224 e. The zero-order chi connectivity index (χ0) is 23.2. The lowest BCUT2D eigenvalue weighted by atomic mass is 10.1. The van der Waals surface area contributed by atoms with E-state index in [2.05, 4.69) is 65.3 Å². The number of ether oxygens (including phenoxy) is 2. The van der Waals surface area contributed by atoms with E-state index >= 15 is 0 Å². The van der Waals surface area contributed by atoms with E-state index in [1.165, 1.54) is 5.39 Å². The van der Waals surface area contributed by atoms with Crippen LogP contribution in [0.3, 0.4) is 0 Å². The molecule has 9 nitrogen and oxygen atoms in total. The number of nitrogens with zero attached hydrogens (tertiary/aromatic N) is 3. The number of amidine groups is 1. The largest absolute Gasteiger partial charge is 0.490 e. The van der Waals surface area contributed by atoms with E-state index in [1.54, 1.807) is 6.21 Å². The van der Waals surface area contributed by atoms with Gasteiger partial charge in [0.25, 0.3) is 0 Å². The molecule has 3 aromatic carbocycles. The number of nitrogens with two attached hydrogens (primary N) is 2. The first-order valence-corrected chi connectivity index (χ1v) is 10.9. The van der Waals surface area contributed by atoms with Crippen LogP contribution < -0.4 is 26.0 Å². The summed E-state index contributed by atoms with van der Waals surface area (Å²) in [6.45, 7) is 2.80. The molecule has 0 amide bonds. The van der Waals surface area contributed by atoms with Crippen molar-refractivity contribution in [3.8, 4) is 11.5 Å². The molecule has 4 aromatic rings. The first-order chi connectivity index (χ1) is 16.1. The van der Waals surface area contributed by atoms with Gasteiger partial charge in [0.1, 0.15) is 6.61 Å². The first kappa shape index (κ1) is 22.3. The molecule has 10 heteroatoms. The van der Waals surface area contributed by atoms with Gasteiger partial charge in [-0.2, -0.15) is 0 Å². The topological polar surface area (TPSA) is 136 Å². The van der Waals surface area contributed by atoms with Gasteiger partial charge in [-0.25, -0.2) is 4.63 Å². The number of hydrazone groups is 1. The number of hydrogen-bond acceptors (Lipinski definition) is 7. The predicted molar refractivity (Wildman–Crippen MR) is 129 cm³/mol. The summed E-state index contributed by atoms with van der Waals surface area (Å²) in [6, 6.07) is 18.1. The van der Waals surface area contributed by atoms with Gasteiger partial charge in [0.15, 0.2) is 23.0 Å². The Kier molecular flexibility index (Phi) is 6.84. The predicted octanol–water partition coefficient (Wildman–Crippen LogP) is 2.37. The molecule has 0 unspecified atom stereocenters. The molecule has 0 saturated heterocycles. The highest BCUT2D eigenvalue weighted by Gasteiger charge is 2.15. The van der Waals surface area contributed by atoms with E-state index in [1.807, 2.05) is 37.3 Å². The molecule has 0 spiro atoms. The molecular weight excluding hydrogens is 488 g/mol. The highest BCUT2D eigenvalue weighted by Crippen LogP contribution is 2.37. The molecule has 1 heterocycles. The Morgan fingerprint density at radius 1 is 1.15 bits per heavy atom. The number of rotatable bonds is 8. The van der Waals surface area contributed by atoms with Gasteiger partial charge in [-0.1, -0.05) is 42.5 Å². The Bertz CT molecular complexity index is 1330. The number of benzene rings is 3. The second-order valence-electron chi connectivity index (χ2n) is 6.96. The third-order valence-corrected chi connectivity index (χ3v) is 5.35. The summed E-state index contributed by atoms with van der Waals surface area (Å²) in [4.78, 5) is 0. The van der Waals surface area contributed by atoms with Crippen LogP contribution in [0.25, 0.3) is 10.8 Å². The number of nitrogen functional groups attached to an aromatic ring is 1. The monoisotopic (exact) mass is 509 g/mol. The van der Waals surface area contributed by atoms with E-state index in [0.29, 0.717) is 24.7 Å². The van der Waals surface area contributed by atoms with Gasteiger partial charge >= 0.3 is 0 Å². The minimum Gasteiger partial charge on any atom is -0.490 e. The van der Waals surface area contributed by atoms with E-state index in [4.69, 9.17) is 20.9 Å². The van der Waals surface area contributed by atoms with Crippen molar-refractivity contribution in [1.82, 2.24) is 10.3 Å². The van der Waals surface area contributed by atoms with Crippen LogP contribution in [0.4, 0.5) is 5.82 Å². The lowest BCUT2D eigenvalue weighted by molar-refractivity contribution is -0.456. The zero-order valence-corrected chi connectivity index (χ0v) is 19.4. The Labute approximate surface area is 198 Å². The average Bonchev–Trinajstić information content (AvgIpc) is 3.24.